The molecule has 124 valence electrons. The van der Waals surface area contributed by atoms with Crippen molar-refractivity contribution in [2.75, 3.05) is 20.3 Å². The van der Waals surface area contributed by atoms with Crippen LogP contribution in [0.4, 0.5) is 0 Å². The van der Waals surface area contributed by atoms with Gasteiger partial charge in [0.2, 0.25) is 0 Å². The van der Waals surface area contributed by atoms with Crippen LogP contribution in [-0.2, 0) is 4.74 Å². The Kier molecular flexibility index (Phi) is 5.94. The zero-order chi connectivity index (χ0) is 16.6. The number of thiol groups is 1. The van der Waals surface area contributed by atoms with Gasteiger partial charge in [-0.05, 0) is 63.2 Å². The van der Waals surface area contributed by atoms with E-state index in [0.29, 0.717) is 13.2 Å². The molecular weight excluding hydrogens is 316 g/mol. The third-order valence-corrected chi connectivity index (χ3v) is 6.12. The molecule has 2 nitrogen and oxygen atoms in total. The highest BCUT2D eigenvalue weighted by Crippen LogP contribution is 2.51. The zero-order valence-electron chi connectivity index (χ0n) is 13.8. The van der Waals surface area contributed by atoms with Gasteiger partial charge in [0.05, 0.1) is 6.61 Å². The highest BCUT2D eigenvalue weighted by Gasteiger charge is 2.12. The third kappa shape index (κ3) is 4.19. The average molecular weight is 338 g/mol. The summed E-state index contributed by atoms with van der Waals surface area (Å²) in [7, 11) is 1.13. The van der Waals surface area contributed by atoms with Crippen molar-refractivity contribution in [2.45, 2.75) is 14.7 Å². The molecule has 0 aliphatic rings. The van der Waals surface area contributed by atoms with Crippen LogP contribution in [0.2, 0.25) is 0 Å². The molecule has 0 amide bonds. The van der Waals surface area contributed by atoms with Gasteiger partial charge in [0.25, 0.3) is 0 Å². The molecule has 0 unspecified atom stereocenters. The minimum absolute atomic E-state index is 0.555. The highest BCUT2D eigenvalue weighted by molar-refractivity contribution is 8.17. The minimum atomic E-state index is -0.555. The van der Waals surface area contributed by atoms with Crippen LogP contribution in [0.25, 0.3) is 0 Å². The van der Waals surface area contributed by atoms with Gasteiger partial charge >= 0.3 is 0 Å². The fraction of sp³-hybridized carbons (Fsp3) is 0.143. The molecule has 0 radical (unpaired) electrons. The molecular formula is C21H22O2S. The van der Waals surface area contributed by atoms with E-state index in [2.05, 4.69) is 72.8 Å². The molecule has 0 spiro atoms. The first-order chi connectivity index (χ1) is 11.9. The second kappa shape index (κ2) is 8.57. The molecule has 3 aromatic rings. The Morgan fingerprint density at radius 3 is 1.62 bits per heavy atom. The van der Waals surface area contributed by atoms with E-state index >= 15 is 0 Å². The lowest BCUT2D eigenvalue weighted by Crippen LogP contribution is -2.04. The fourth-order valence-electron chi connectivity index (χ4n) is 2.54. The molecule has 0 N–H and O–H groups in total. The summed E-state index contributed by atoms with van der Waals surface area (Å²) < 4.78 is 10.7. The van der Waals surface area contributed by atoms with Gasteiger partial charge in [-0.15, -0.1) is 0 Å². The largest absolute Gasteiger partial charge is 0.491 e. The maximum absolute atomic E-state index is 5.67. The molecule has 0 saturated carbocycles. The fourth-order valence-corrected chi connectivity index (χ4v) is 4.82. The molecule has 0 aliphatic heterocycles. The Hall–Kier alpha value is -2.23. The molecule has 24 heavy (non-hydrogen) atoms. The normalized spacial score (nSPS) is 11.1. The number of rotatable bonds is 7. The number of hydrogen-bond donors (Lipinski definition) is 1. The van der Waals surface area contributed by atoms with Gasteiger partial charge in [-0.1, -0.05) is 36.4 Å². The van der Waals surface area contributed by atoms with Gasteiger partial charge in [0, 0.05) is 7.11 Å². The van der Waals surface area contributed by atoms with Gasteiger partial charge in [0.1, 0.15) is 12.4 Å². The van der Waals surface area contributed by atoms with E-state index in [0.717, 1.165) is 5.75 Å². The molecule has 0 bridgehead atoms. The van der Waals surface area contributed by atoms with Crippen molar-refractivity contribution in [3.8, 4) is 5.75 Å². The summed E-state index contributed by atoms with van der Waals surface area (Å²) in [6, 6.07) is 29.8. The van der Waals surface area contributed by atoms with Crippen molar-refractivity contribution in [3.05, 3.63) is 84.9 Å². The van der Waals surface area contributed by atoms with Crippen molar-refractivity contribution < 1.29 is 9.47 Å². The lowest BCUT2D eigenvalue weighted by atomic mass is 10.3. The SMILES string of the molecule is COCCOc1ccc([SH](c2ccccc2)c2ccccc2)cc1. The second-order valence-electron chi connectivity index (χ2n) is 5.34. The molecule has 0 heterocycles. The first-order valence-corrected chi connectivity index (χ1v) is 9.34. The van der Waals surface area contributed by atoms with Crippen LogP contribution in [-0.4, -0.2) is 20.3 Å². The summed E-state index contributed by atoms with van der Waals surface area (Å²) in [5.74, 6) is 0.881. The molecule has 3 heteroatoms. The van der Waals surface area contributed by atoms with Crippen molar-refractivity contribution in [2.24, 2.45) is 0 Å². The second-order valence-corrected chi connectivity index (χ2v) is 7.56. The lowest BCUT2D eigenvalue weighted by molar-refractivity contribution is 0.146. The van der Waals surface area contributed by atoms with Crippen LogP contribution in [0.1, 0.15) is 0 Å². The van der Waals surface area contributed by atoms with Crippen LogP contribution < -0.4 is 4.74 Å². The Morgan fingerprint density at radius 1 is 0.625 bits per heavy atom. The molecule has 0 aromatic heterocycles. The number of benzene rings is 3. The Bertz CT molecular complexity index is 687. The van der Waals surface area contributed by atoms with Crippen LogP contribution in [0, 0.1) is 0 Å². The molecule has 3 rings (SSSR count). The lowest BCUT2D eigenvalue weighted by Gasteiger charge is -2.23. The van der Waals surface area contributed by atoms with Crippen LogP contribution >= 0.6 is 10.9 Å². The number of hydrogen-bond acceptors (Lipinski definition) is 2. The summed E-state index contributed by atoms with van der Waals surface area (Å²) in [6.45, 7) is 1.17. The third-order valence-electron chi connectivity index (χ3n) is 3.68. The standard InChI is InChI=1S/C21H22O2S/c1-22-16-17-23-18-12-14-21(15-13-18)24(19-8-4-2-5-9-19)20-10-6-3-7-11-20/h2-15,24H,16-17H2,1H3. The number of ether oxygens (including phenoxy) is 2. The minimum Gasteiger partial charge on any atom is -0.491 e. The Morgan fingerprint density at radius 2 is 1.12 bits per heavy atom. The van der Waals surface area contributed by atoms with Crippen molar-refractivity contribution in [1.82, 2.24) is 0 Å². The molecule has 0 fully saturated rings. The summed E-state index contributed by atoms with van der Waals surface area (Å²) in [5.41, 5.74) is 0. The van der Waals surface area contributed by atoms with E-state index in [1.54, 1.807) is 7.11 Å². The Labute approximate surface area is 146 Å². The smallest absolute Gasteiger partial charge is 0.119 e. The van der Waals surface area contributed by atoms with E-state index in [1.807, 2.05) is 12.1 Å². The van der Waals surface area contributed by atoms with E-state index in [9.17, 15) is 0 Å². The predicted octanol–water partition coefficient (Wildman–Crippen LogP) is 5.19. The summed E-state index contributed by atoms with van der Waals surface area (Å²) in [6.07, 6.45) is 0. The van der Waals surface area contributed by atoms with Gasteiger partial charge in [0.15, 0.2) is 0 Å². The highest BCUT2D eigenvalue weighted by atomic mass is 32.2. The zero-order valence-corrected chi connectivity index (χ0v) is 14.7. The molecule has 3 aromatic carbocycles. The van der Waals surface area contributed by atoms with E-state index < -0.39 is 10.9 Å². The van der Waals surface area contributed by atoms with Crippen LogP contribution in [0.15, 0.2) is 99.6 Å². The van der Waals surface area contributed by atoms with E-state index in [1.165, 1.54) is 14.7 Å². The molecule has 0 atom stereocenters. The average Bonchev–Trinajstić information content (AvgIpc) is 2.65. The predicted molar refractivity (Wildman–Crippen MR) is 100 cm³/mol. The van der Waals surface area contributed by atoms with Crippen molar-refractivity contribution in [3.63, 3.8) is 0 Å². The first-order valence-electron chi connectivity index (χ1n) is 8.00. The summed E-state index contributed by atoms with van der Waals surface area (Å²) in [4.78, 5) is 4.03. The van der Waals surface area contributed by atoms with Gasteiger partial charge in [-0.2, -0.15) is 10.9 Å². The van der Waals surface area contributed by atoms with Crippen LogP contribution in [0.5, 0.6) is 5.75 Å². The topological polar surface area (TPSA) is 18.5 Å². The summed E-state index contributed by atoms with van der Waals surface area (Å²) in [5, 5.41) is 0. The van der Waals surface area contributed by atoms with Gasteiger partial charge in [-0.3, -0.25) is 0 Å². The van der Waals surface area contributed by atoms with Gasteiger partial charge in [-0.25, -0.2) is 0 Å². The maximum atomic E-state index is 5.67. The number of methoxy groups -OCH3 is 1. The molecule has 0 saturated heterocycles. The maximum Gasteiger partial charge on any atom is 0.119 e. The monoisotopic (exact) mass is 338 g/mol. The first kappa shape index (κ1) is 16.6. The van der Waals surface area contributed by atoms with Gasteiger partial charge < -0.3 is 9.47 Å². The van der Waals surface area contributed by atoms with Crippen LogP contribution in [0.3, 0.4) is 0 Å². The van der Waals surface area contributed by atoms with E-state index in [-0.39, 0.29) is 0 Å². The van der Waals surface area contributed by atoms with E-state index in [4.69, 9.17) is 9.47 Å². The quantitative estimate of drug-likeness (QED) is 0.472. The van der Waals surface area contributed by atoms with Crippen molar-refractivity contribution in [1.29, 1.82) is 0 Å². The molecule has 0 aliphatic carbocycles. The van der Waals surface area contributed by atoms with Crippen molar-refractivity contribution >= 4 is 10.9 Å². The Balaban J connectivity index is 1.89. The summed E-state index contributed by atoms with van der Waals surface area (Å²) >= 11 is 0.